The molecule has 0 saturated carbocycles. The summed E-state index contributed by atoms with van der Waals surface area (Å²) >= 11 is 0. The quantitative estimate of drug-likeness (QED) is 0.277. The molecule has 10 nitrogen and oxygen atoms in total. The Morgan fingerprint density at radius 2 is 1.68 bits per heavy atom. The van der Waals surface area contributed by atoms with Crippen molar-refractivity contribution in [3.05, 3.63) is 94.8 Å². The van der Waals surface area contributed by atoms with Gasteiger partial charge in [0.15, 0.2) is 23.1 Å². The second-order valence-corrected chi connectivity index (χ2v) is 8.89. The third kappa shape index (κ3) is 5.50. The Labute approximate surface area is 233 Å². The Kier molecular flexibility index (Phi) is 7.51. The fraction of sp³-hybridized carbons (Fsp3) is 0.133. The summed E-state index contributed by atoms with van der Waals surface area (Å²) in [6.45, 7) is 0. The lowest BCUT2D eigenvalue weighted by Gasteiger charge is -2.13. The molecule has 3 aromatic heterocycles. The van der Waals surface area contributed by atoms with Crippen molar-refractivity contribution in [2.45, 2.75) is 0 Å². The number of pyridine rings is 3. The van der Waals surface area contributed by atoms with Crippen molar-refractivity contribution in [3.63, 3.8) is 0 Å². The zero-order chi connectivity index (χ0) is 29.1. The van der Waals surface area contributed by atoms with Crippen LogP contribution in [-0.4, -0.2) is 41.8 Å². The zero-order valence-corrected chi connectivity index (χ0v) is 22.6. The molecule has 5 rings (SSSR count). The van der Waals surface area contributed by atoms with Gasteiger partial charge in [0.25, 0.3) is 11.8 Å². The molecule has 2 aromatic carbocycles. The zero-order valence-electron chi connectivity index (χ0n) is 22.6. The molecule has 41 heavy (non-hydrogen) atoms. The molecule has 0 aliphatic carbocycles. The van der Waals surface area contributed by atoms with E-state index in [9.17, 15) is 9.59 Å². The van der Waals surface area contributed by atoms with Crippen LogP contribution in [-0.2, 0) is 7.05 Å². The normalized spacial score (nSPS) is 10.8. The second-order valence-electron chi connectivity index (χ2n) is 8.89. The number of hydrogen-bond acceptors (Lipinski definition) is 8. The molecular formula is C30H25FN4O6. The van der Waals surface area contributed by atoms with E-state index < -0.39 is 17.2 Å². The number of benzene rings is 2. The standard InChI is InChI=1S/C30H25FN4O6/c1-35-15-20(17-5-8-19(38-2)9-6-17)28(36)21(16-35)29(37)33-18-7-10-24(22(31)13-18)41-25-11-12-32-23-14-26(39-3)30(40-4)34-27(23)25/h5-16H,1-4H3,(H,33,37). The summed E-state index contributed by atoms with van der Waals surface area (Å²) in [5, 5.41) is 2.59. The van der Waals surface area contributed by atoms with E-state index in [0.29, 0.717) is 33.7 Å². The van der Waals surface area contributed by atoms with Crippen LogP contribution in [0.5, 0.6) is 28.9 Å². The van der Waals surface area contributed by atoms with Gasteiger partial charge in [0.2, 0.25) is 5.43 Å². The maximum absolute atomic E-state index is 15.1. The fourth-order valence-electron chi connectivity index (χ4n) is 4.21. The second kappa shape index (κ2) is 11.3. The van der Waals surface area contributed by atoms with Gasteiger partial charge in [0, 0.05) is 55.1 Å². The summed E-state index contributed by atoms with van der Waals surface area (Å²) in [4.78, 5) is 34.9. The molecule has 208 valence electrons. The summed E-state index contributed by atoms with van der Waals surface area (Å²) < 4.78 is 38.2. The number of rotatable bonds is 8. The molecule has 11 heteroatoms. The highest BCUT2D eigenvalue weighted by atomic mass is 19.1. The molecule has 0 aliphatic rings. The van der Waals surface area contributed by atoms with Crippen LogP contribution in [0, 0.1) is 5.82 Å². The number of ether oxygens (including phenoxy) is 4. The SMILES string of the molecule is COc1ccc(-c2cn(C)cc(C(=O)Nc3ccc(Oc4ccnc5cc(OC)c(OC)nc45)c(F)c3)c2=O)cc1. The molecule has 1 N–H and O–H groups in total. The first kappa shape index (κ1) is 27.1. The van der Waals surface area contributed by atoms with E-state index in [1.165, 1.54) is 38.7 Å². The highest BCUT2D eigenvalue weighted by Gasteiger charge is 2.18. The number of methoxy groups -OCH3 is 3. The summed E-state index contributed by atoms with van der Waals surface area (Å²) in [6.07, 6.45) is 4.55. The number of aromatic nitrogens is 3. The molecule has 0 radical (unpaired) electrons. The third-order valence-electron chi connectivity index (χ3n) is 6.23. The van der Waals surface area contributed by atoms with E-state index in [4.69, 9.17) is 18.9 Å². The van der Waals surface area contributed by atoms with Gasteiger partial charge < -0.3 is 28.8 Å². The number of carbonyl (C=O) groups is 1. The monoisotopic (exact) mass is 556 g/mol. The van der Waals surface area contributed by atoms with E-state index in [1.54, 1.807) is 61.3 Å². The number of halogens is 1. The van der Waals surface area contributed by atoms with Gasteiger partial charge in [0.05, 0.1) is 26.8 Å². The molecule has 5 aromatic rings. The molecule has 0 unspecified atom stereocenters. The van der Waals surface area contributed by atoms with Crippen LogP contribution >= 0.6 is 0 Å². The number of anilines is 1. The van der Waals surface area contributed by atoms with Gasteiger partial charge in [-0.1, -0.05) is 12.1 Å². The minimum Gasteiger partial charge on any atom is -0.497 e. The molecule has 1 amide bonds. The Morgan fingerprint density at radius 3 is 2.37 bits per heavy atom. The molecule has 0 bridgehead atoms. The van der Waals surface area contributed by atoms with Gasteiger partial charge in [-0.15, -0.1) is 0 Å². The predicted octanol–water partition coefficient (Wildman–Crippen LogP) is 5.21. The number of aryl methyl sites for hydroxylation is 1. The van der Waals surface area contributed by atoms with Crippen molar-refractivity contribution >= 4 is 22.6 Å². The largest absolute Gasteiger partial charge is 0.497 e. The third-order valence-corrected chi connectivity index (χ3v) is 6.23. The topological polar surface area (TPSA) is 114 Å². The lowest BCUT2D eigenvalue weighted by molar-refractivity contribution is 0.102. The molecule has 0 spiro atoms. The van der Waals surface area contributed by atoms with E-state index in [0.717, 1.165) is 6.07 Å². The van der Waals surface area contributed by atoms with Crippen molar-refractivity contribution in [1.82, 2.24) is 14.5 Å². The number of fused-ring (bicyclic) bond motifs is 1. The van der Waals surface area contributed by atoms with E-state index >= 15 is 4.39 Å². The highest BCUT2D eigenvalue weighted by Crippen LogP contribution is 2.35. The van der Waals surface area contributed by atoms with Crippen LogP contribution < -0.4 is 29.7 Å². The maximum Gasteiger partial charge on any atom is 0.261 e. The van der Waals surface area contributed by atoms with Gasteiger partial charge in [-0.05, 0) is 29.8 Å². The number of amides is 1. The average molecular weight is 557 g/mol. The van der Waals surface area contributed by atoms with Crippen LogP contribution in [0.15, 0.2) is 78.0 Å². The lowest BCUT2D eigenvalue weighted by atomic mass is 10.0. The van der Waals surface area contributed by atoms with Crippen molar-refractivity contribution < 1.29 is 28.1 Å². The number of hydrogen-bond donors (Lipinski definition) is 1. The summed E-state index contributed by atoms with van der Waals surface area (Å²) in [5.41, 5.74) is 1.35. The molecule has 3 heterocycles. The molecule has 0 fully saturated rings. The Morgan fingerprint density at radius 1 is 0.902 bits per heavy atom. The molecular weight excluding hydrogens is 531 g/mol. The Bertz CT molecular complexity index is 1820. The fourth-order valence-corrected chi connectivity index (χ4v) is 4.21. The van der Waals surface area contributed by atoms with Crippen molar-refractivity contribution in [1.29, 1.82) is 0 Å². The van der Waals surface area contributed by atoms with Gasteiger partial charge in [-0.3, -0.25) is 14.6 Å². The molecule has 0 atom stereocenters. The smallest absolute Gasteiger partial charge is 0.261 e. The lowest BCUT2D eigenvalue weighted by Crippen LogP contribution is -2.24. The Hall–Kier alpha value is -5.45. The summed E-state index contributed by atoms with van der Waals surface area (Å²) in [6, 6.07) is 14.0. The summed E-state index contributed by atoms with van der Waals surface area (Å²) in [5.74, 6) is -0.0383. The van der Waals surface area contributed by atoms with Crippen molar-refractivity contribution in [3.8, 4) is 40.0 Å². The first-order valence-corrected chi connectivity index (χ1v) is 12.3. The van der Waals surface area contributed by atoms with Gasteiger partial charge in [-0.2, -0.15) is 0 Å². The van der Waals surface area contributed by atoms with Crippen LogP contribution in [0.25, 0.3) is 22.2 Å². The van der Waals surface area contributed by atoms with Gasteiger partial charge in [-0.25, -0.2) is 9.37 Å². The van der Waals surface area contributed by atoms with Crippen LogP contribution in [0.1, 0.15) is 10.4 Å². The van der Waals surface area contributed by atoms with Gasteiger partial charge >= 0.3 is 0 Å². The van der Waals surface area contributed by atoms with Crippen molar-refractivity contribution in [2.24, 2.45) is 7.05 Å². The average Bonchev–Trinajstić information content (AvgIpc) is 2.98. The minimum atomic E-state index is -0.742. The summed E-state index contributed by atoms with van der Waals surface area (Å²) in [7, 11) is 6.19. The first-order chi connectivity index (χ1) is 19.8. The van der Waals surface area contributed by atoms with Crippen LogP contribution in [0.4, 0.5) is 10.1 Å². The van der Waals surface area contributed by atoms with Crippen LogP contribution in [0.3, 0.4) is 0 Å². The highest BCUT2D eigenvalue weighted by molar-refractivity contribution is 6.04. The number of nitrogens with zero attached hydrogens (tertiary/aromatic N) is 3. The first-order valence-electron chi connectivity index (χ1n) is 12.3. The van der Waals surface area contributed by atoms with Gasteiger partial charge in [0.1, 0.15) is 16.8 Å². The Balaban J connectivity index is 1.39. The van der Waals surface area contributed by atoms with Crippen molar-refractivity contribution in [2.75, 3.05) is 26.6 Å². The molecule has 0 saturated heterocycles. The van der Waals surface area contributed by atoms with E-state index in [1.807, 2.05) is 0 Å². The maximum atomic E-state index is 15.1. The van der Waals surface area contributed by atoms with E-state index in [2.05, 4.69) is 15.3 Å². The number of nitrogens with one attached hydrogen (secondary N) is 1. The number of carbonyl (C=O) groups excluding carboxylic acids is 1. The molecule has 0 aliphatic heterocycles. The minimum absolute atomic E-state index is 0.0970. The predicted molar refractivity (Wildman–Crippen MR) is 151 cm³/mol. The van der Waals surface area contributed by atoms with Crippen LogP contribution in [0.2, 0.25) is 0 Å². The van der Waals surface area contributed by atoms with E-state index in [-0.39, 0.29) is 28.6 Å².